The van der Waals surface area contributed by atoms with Gasteiger partial charge in [-0.25, -0.2) is 0 Å². The Morgan fingerprint density at radius 3 is 2.22 bits per heavy atom. The summed E-state index contributed by atoms with van der Waals surface area (Å²) in [6.45, 7) is 0.694. The summed E-state index contributed by atoms with van der Waals surface area (Å²) in [6.07, 6.45) is -0.527. The van der Waals surface area contributed by atoms with E-state index in [0.29, 0.717) is 12.1 Å². The molecule has 1 unspecified atom stereocenters. The minimum atomic E-state index is -4.43. The van der Waals surface area contributed by atoms with E-state index in [0.717, 1.165) is 6.07 Å². The summed E-state index contributed by atoms with van der Waals surface area (Å²) >= 11 is 0. The van der Waals surface area contributed by atoms with E-state index in [1.807, 2.05) is 0 Å². The molecule has 1 aliphatic rings. The molecule has 1 atom stereocenters. The van der Waals surface area contributed by atoms with Crippen molar-refractivity contribution in [2.24, 2.45) is 0 Å². The van der Waals surface area contributed by atoms with Crippen LogP contribution in [0.3, 0.4) is 0 Å². The second-order valence-corrected chi connectivity index (χ2v) is 7.51. The van der Waals surface area contributed by atoms with Crippen LogP contribution in [0.25, 0.3) is 0 Å². The van der Waals surface area contributed by atoms with Gasteiger partial charge in [0.25, 0.3) is 0 Å². The van der Waals surface area contributed by atoms with Gasteiger partial charge in [-0.1, -0.05) is 6.07 Å². The first-order chi connectivity index (χ1) is 8.15. The van der Waals surface area contributed by atoms with Gasteiger partial charge < -0.3 is 24.9 Å². The van der Waals surface area contributed by atoms with Crippen molar-refractivity contribution in [1.82, 2.24) is 5.32 Å². The maximum Gasteiger partial charge on any atom is 0.356 e. The average molecular weight is 293 g/mol. The third kappa shape index (κ3) is 3.73. The molecule has 0 aliphatic carbocycles. The van der Waals surface area contributed by atoms with Gasteiger partial charge in [-0.15, -0.1) is 0 Å². The number of benzene rings is 1. The Labute approximate surface area is 103 Å². The maximum atomic E-state index is 11.2. The van der Waals surface area contributed by atoms with Crippen LogP contribution < -0.4 is 10.6 Å². The molecule has 1 aromatic rings. The van der Waals surface area contributed by atoms with E-state index in [9.17, 15) is 9.13 Å². The zero-order valence-electron chi connectivity index (χ0n) is 9.22. The van der Waals surface area contributed by atoms with Crippen molar-refractivity contribution < 1.29 is 28.7 Å². The first-order valence-corrected chi connectivity index (χ1v) is 8.54. The molecular weight excluding hydrogens is 280 g/mol. The second kappa shape index (κ2) is 4.54. The largest absolute Gasteiger partial charge is 0.356 e. The van der Waals surface area contributed by atoms with Crippen LogP contribution in [-0.4, -0.2) is 26.1 Å². The van der Waals surface area contributed by atoms with Crippen molar-refractivity contribution in [3.8, 4) is 0 Å². The van der Waals surface area contributed by atoms with Gasteiger partial charge in [-0.2, -0.15) is 0 Å². The molecule has 18 heavy (non-hydrogen) atoms. The van der Waals surface area contributed by atoms with Gasteiger partial charge in [-0.3, -0.25) is 9.13 Å². The monoisotopic (exact) mass is 293 g/mol. The normalized spacial score (nSPS) is 19.9. The fraction of sp³-hybridized carbons (Fsp3) is 0.333. The summed E-state index contributed by atoms with van der Waals surface area (Å²) in [6, 6.07) is 4.08. The van der Waals surface area contributed by atoms with Crippen LogP contribution in [0.1, 0.15) is 17.2 Å². The van der Waals surface area contributed by atoms with Crippen molar-refractivity contribution >= 4 is 20.5 Å². The first kappa shape index (κ1) is 13.9. The summed E-state index contributed by atoms with van der Waals surface area (Å²) in [4.78, 5) is 36.1. The summed E-state index contributed by atoms with van der Waals surface area (Å²) in [5, 5.41) is 2.76. The third-order valence-corrected chi connectivity index (χ3v) is 4.24. The van der Waals surface area contributed by atoms with Crippen molar-refractivity contribution in [2.75, 3.05) is 6.54 Å². The van der Waals surface area contributed by atoms with Crippen molar-refractivity contribution in [2.45, 2.75) is 12.2 Å². The molecule has 0 spiro atoms. The summed E-state index contributed by atoms with van der Waals surface area (Å²) in [5.41, 5.74) is 0.868. The summed E-state index contributed by atoms with van der Waals surface area (Å²) in [5.74, 6) is 0. The molecule has 9 heteroatoms. The quantitative estimate of drug-likeness (QED) is 0.383. The molecule has 100 valence electrons. The SMILES string of the molecule is O=P(O)(O)Cc1cc(C2CN2)cc(P(=O)(O)O)c1. The van der Waals surface area contributed by atoms with Crippen LogP contribution in [-0.2, 0) is 15.3 Å². The van der Waals surface area contributed by atoms with Gasteiger partial charge >= 0.3 is 15.2 Å². The zero-order valence-corrected chi connectivity index (χ0v) is 11.0. The summed E-state index contributed by atoms with van der Waals surface area (Å²) in [7, 11) is -8.69. The second-order valence-electron chi connectivity index (χ2n) is 4.26. The van der Waals surface area contributed by atoms with Crippen LogP contribution in [0.4, 0.5) is 0 Å². The molecule has 0 aromatic heterocycles. The summed E-state index contributed by atoms with van der Waals surface area (Å²) < 4.78 is 22.2. The highest BCUT2D eigenvalue weighted by Crippen LogP contribution is 2.41. The highest BCUT2D eigenvalue weighted by atomic mass is 31.2. The highest BCUT2D eigenvalue weighted by molar-refractivity contribution is 7.60. The Hall–Kier alpha value is -0.520. The van der Waals surface area contributed by atoms with Crippen LogP contribution in [0.2, 0.25) is 0 Å². The molecule has 0 saturated carbocycles. The van der Waals surface area contributed by atoms with Crippen molar-refractivity contribution in [1.29, 1.82) is 0 Å². The molecule has 2 rings (SSSR count). The van der Waals surface area contributed by atoms with Crippen molar-refractivity contribution in [3.05, 3.63) is 29.3 Å². The van der Waals surface area contributed by atoms with Gasteiger partial charge in [0, 0.05) is 12.6 Å². The van der Waals surface area contributed by atoms with Crippen molar-refractivity contribution in [3.63, 3.8) is 0 Å². The maximum absolute atomic E-state index is 11.2. The molecule has 1 aromatic carbocycles. The lowest BCUT2D eigenvalue weighted by molar-refractivity contribution is 0.371. The van der Waals surface area contributed by atoms with Crippen LogP contribution in [0.15, 0.2) is 18.2 Å². The molecule has 5 N–H and O–H groups in total. The molecule has 0 amide bonds. The third-order valence-electron chi connectivity index (χ3n) is 2.54. The lowest BCUT2D eigenvalue weighted by atomic mass is 10.1. The van der Waals surface area contributed by atoms with E-state index in [1.165, 1.54) is 6.07 Å². The molecular formula is C9H13NO6P2. The predicted octanol–water partition coefficient (Wildman–Crippen LogP) is -0.188. The fourth-order valence-electron chi connectivity index (χ4n) is 1.69. The Morgan fingerprint density at radius 2 is 1.78 bits per heavy atom. The Bertz CT molecular complexity index is 558. The number of hydrogen-bond acceptors (Lipinski definition) is 3. The van der Waals surface area contributed by atoms with E-state index in [2.05, 4.69) is 5.32 Å². The minimum Gasteiger partial charge on any atom is -0.324 e. The Kier molecular flexibility index (Phi) is 3.51. The van der Waals surface area contributed by atoms with E-state index in [-0.39, 0.29) is 16.9 Å². The molecule has 0 bridgehead atoms. The number of nitrogens with one attached hydrogen (secondary N) is 1. The molecule has 1 saturated heterocycles. The van der Waals surface area contributed by atoms with Crippen LogP contribution >= 0.6 is 15.2 Å². The topological polar surface area (TPSA) is 137 Å². The average Bonchev–Trinajstić information content (AvgIpc) is 2.95. The van der Waals surface area contributed by atoms with Crippen LogP contribution in [0, 0.1) is 0 Å². The molecule has 7 nitrogen and oxygen atoms in total. The lowest BCUT2D eigenvalue weighted by Gasteiger charge is -2.11. The molecule has 1 fully saturated rings. The fourth-order valence-corrected chi connectivity index (χ4v) is 3.00. The molecule has 1 heterocycles. The van der Waals surface area contributed by atoms with E-state index in [1.54, 1.807) is 6.07 Å². The van der Waals surface area contributed by atoms with Gasteiger partial charge in [0.1, 0.15) is 0 Å². The number of rotatable bonds is 4. The Morgan fingerprint density at radius 1 is 1.17 bits per heavy atom. The van der Waals surface area contributed by atoms with E-state index >= 15 is 0 Å². The van der Waals surface area contributed by atoms with E-state index < -0.39 is 21.4 Å². The standard InChI is InChI=1S/C9H13NO6P2/c11-17(12,13)5-6-1-7(9-4-10-9)3-8(2-6)18(14,15)16/h1-3,9-10H,4-5H2,(H2,11,12,13)(H2,14,15,16). The van der Waals surface area contributed by atoms with E-state index in [4.69, 9.17) is 19.6 Å². The van der Waals surface area contributed by atoms with Gasteiger partial charge in [-0.05, 0) is 23.3 Å². The first-order valence-electron chi connectivity index (χ1n) is 5.13. The molecule has 1 aliphatic heterocycles. The smallest absolute Gasteiger partial charge is 0.324 e. The molecule has 0 radical (unpaired) electrons. The predicted molar refractivity (Wildman–Crippen MR) is 64.6 cm³/mol. The Balaban J connectivity index is 2.43. The van der Waals surface area contributed by atoms with Gasteiger partial charge in [0.2, 0.25) is 0 Å². The van der Waals surface area contributed by atoms with Gasteiger partial charge in [0.15, 0.2) is 0 Å². The minimum absolute atomic E-state index is 0.00650. The van der Waals surface area contributed by atoms with Gasteiger partial charge in [0.05, 0.1) is 11.5 Å². The number of hydrogen-bond donors (Lipinski definition) is 5. The zero-order chi connectivity index (χ0) is 13.6. The lowest BCUT2D eigenvalue weighted by Crippen LogP contribution is -2.08. The highest BCUT2D eigenvalue weighted by Gasteiger charge is 2.27. The van der Waals surface area contributed by atoms with Crippen LogP contribution in [0.5, 0.6) is 0 Å².